The van der Waals surface area contributed by atoms with Crippen molar-refractivity contribution in [1.29, 1.82) is 0 Å². The SMILES string of the molecule is C.CCOC(=O)N1CCc2nc(C)n(C3CC4CCC(C3)N4CC[C@H](NC(C)=O)c3cccc(F)c3)c2C1. The first-order valence-electron chi connectivity index (χ1n) is 13.6. The summed E-state index contributed by atoms with van der Waals surface area (Å²) in [5.74, 6) is 0.646. The van der Waals surface area contributed by atoms with Crippen LogP contribution in [-0.2, 0) is 22.5 Å². The van der Waals surface area contributed by atoms with Gasteiger partial charge in [-0.15, -0.1) is 0 Å². The van der Waals surface area contributed by atoms with E-state index in [9.17, 15) is 14.0 Å². The van der Waals surface area contributed by atoms with Gasteiger partial charge in [0.15, 0.2) is 0 Å². The molecule has 38 heavy (non-hydrogen) atoms. The maximum absolute atomic E-state index is 13.9. The zero-order valence-corrected chi connectivity index (χ0v) is 22.1. The lowest BCUT2D eigenvalue weighted by atomic mass is 9.95. The van der Waals surface area contributed by atoms with Gasteiger partial charge in [-0.05, 0) is 63.6 Å². The molecule has 3 aliphatic heterocycles. The smallest absolute Gasteiger partial charge is 0.410 e. The van der Waals surface area contributed by atoms with E-state index in [0.29, 0.717) is 37.8 Å². The molecule has 2 bridgehead atoms. The number of benzene rings is 1. The first-order valence-corrected chi connectivity index (χ1v) is 13.6. The number of hydrogen-bond donors (Lipinski definition) is 1. The van der Waals surface area contributed by atoms with E-state index in [4.69, 9.17) is 9.72 Å². The maximum Gasteiger partial charge on any atom is 0.410 e. The highest BCUT2D eigenvalue weighted by atomic mass is 19.1. The molecule has 2 aromatic rings. The molecule has 1 aromatic heterocycles. The summed E-state index contributed by atoms with van der Waals surface area (Å²) >= 11 is 0. The molecule has 8 nitrogen and oxygen atoms in total. The molecule has 2 amide bonds. The highest BCUT2D eigenvalue weighted by Gasteiger charge is 2.42. The van der Waals surface area contributed by atoms with Gasteiger partial charge in [0.05, 0.1) is 30.6 Å². The summed E-state index contributed by atoms with van der Waals surface area (Å²) in [5.41, 5.74) is 3.08. The number of aryl methyl sites for hydroxylation is 1. The second-order valence-electron chi connectivity index (χ2n) is 10.6. The summed E-state index contributed by atoms with van der Waals surface area (Å²) in [7, 11) is 0. The van der Waals surface area contributed by atoms with Crippen molar-refractivity contribution in [2.75, 3.05) is 19.7 Å². The first-order chi connectivity index (χ1) is 17.8. The Kier molecular flexibility index (Phi) is 8.75. The lowest BCUT2D eigenvalue weighted by Crippen LogP contribution is -2.45. The Labute approximate surface area is 225 Å². The Hall–Kier alpha value is -2.94. The molecule has 2 unspecified atom stereocenters. The Balaban J connectivity index is 0.00000336. The van der Waals surface area contributed by atoms with E-state index >= 15 is 0 Å². The number of rotatable bonds is 7. The van der Waals surface area contributed by atoms with Crippen LogP contribution in [0.1, 0.15) is 88.2 Å². The van der Waals surface area contributed by atoms with Gasteiger partial charge in [0.25, 0.3) is 0 Å². The summed E-state index contributed by atoms with van der Waals surface area (Å²) in [6.07, 6.45) is 5.68. The van der Waals surface area contributed by atoms with Crippen LogP contribution in [0.2, 0.25) is 0 Å². The molecule has 2 fully saturated rings. The summed E-state index contributed by atoms with van der Waals surface area (Å²) in [6.45, 7) is 7.87. The fourth-order valence-corrected chi connectivity index (χ4v) is 6.76. The van der Waals surface area contributed by atoms with Crippen LogP contribution < -0.4 is 5.32 Å². The Morgan fingerprint density at radius 1 is 1.21 bits per heavy atom. The number of nitrogens with zero attached hydrogens (tertiary/aromatic N) is 4. The van der Waals surface area contributed by atoms with Gasteiger partial charge in [0.1, 0.15) is 11.6 Å². The second-order valence-corrected chi connectivity index (χ2v) is 10.6. The number of carbonyl (C=O) groups is 2. The van der Waals surface area contributed by atoms with Crippen molar-refractivity contribution in [2.45, 2.75) is 97.4 Å². The minimum absolute atomic E-state index is 0. The fraction of sp³-hybridized carbons (Fsp3) is 0.621. The number of halogens is 1. The van der Waals surface area contributed by atoms with Gasteiger partial charge < -0.3 is 19.5 Å². The minimum Gasteiger partial charge on any atom is -0.450 e. The molecular weight excluding hydrogens is 485 g/mol. The van der Waals surface area contributed by atoms with Crippen molar-refractivity contribution in [3.8, 4) is 0 Å². The number of imidazole rings is 1. The monoisotopic (exact) mass is 527 g/mol. The van der Waals surface area contributed by atoms with Crippen molar-refractivity contribution >= 4 is 12.0 Å². The molecule has 0 aliphatic carbocycles. The van der Waals surface area contributed by atoms with Crippen molar-refractivity contribution in [2.24, 2.45) is 0 Å². The molecule has 3 aliphatic rings. The van der Waals surface area contributed by atoms with Gasteiger partial charge in [-0.1, -0.05) is 19.6 Å². The summed E-state index contributed by atoms with van der Waals surface area (Å²) in [4.78, 5) is 33.5. The van der Waals surface area contributed by atoms with E-state index in [-0.39, 0.29) is 31.3 Å². The number of hydrogen-bond acceptors (Lipinski definition) is 5. The topological polar surface area (TPSA) is 79.7 Å². The Morgan fingerprint density at radius 2 is 1.95 bits per heavy atom. The predicted octanol–water partition coefficient (Wildman–Crippen LogP) is 4.92. The number of fused-ring (bicyclic) bond motifs is 3. The predicted molar refractivity (Wildman–Crippen MR) is 144 cm³/mol. The molecule has 4 heterocycles. The van der Waals surface area contributed by atoms with Crippen LogP contribution in [0.5, 0.6) is 0 Å². The van der Waals surface area contributed by atoms with Crippen LogP contribution in [0.4, 0.5) is 9.18 Å². The molecule has 0 radical (unpaired) electrons. The molecule has 1 N–H and O–H groups in total. The Morgan fingerprint density at radius 3 is 2.61 bits per heavy atom. The minimum atomic E-state index is -0.283. The second kappa shape index (κ2) is 11.8. The molecular formula is C29H42FN5O3. The van der Waals surface area contributed by atoms with E-state index in [1.165, 1.54) is 19.1 Å². The fourth-order valence-electron chi connectivity index (χ4n) is 6.76. The zero-order valence-electron chi connectivity index (χ0n) is 22.1. The maximum atomic E-state index is 13.9. The van der Waals surface area contributed by atoms with E-state index in [1.54, 1.807) is 11.0 Å². The zero-order chi connectivity index (χ0) is 26.1. The largest absolute Gasteiger partial charge is 0.450 e. The number of piperidine rings is 1. The number of carbonyl (C=O) groups excluding carboxylic acids is 2. The van der Waals surface area contributed by atoms with Crippen LogP contribution in [0.15, 0.2) is 24.3 Å². The van der Waals surface area contributed by atoms with Crippen LogP contribution in [0.25, 0.3) is 0 Å². The van der Waals surface area contributed by atoms with Crippen LogP contribution in [0.3, 0.4) is 0 Å². The highest BCUT2D eigenvalue weighted by molar-refractivity contribution is 5.73. The third-order valence-corrected chi connectivity index (χ3v) is 8.28. The van der Waals surface area contributed by atoms with Gasteiger partial charge in [-0.3, -0.25) is 9.69 Å². The molecule has 208 valence electrons. The Bertz CT molecular complexity index is 1140. The number of amides is 2. The molecule has 0 saturated carbocycles. The van der Waals surface area contributed by atoms with Gasteiger partial charge in [0.2, 0.25) is 5.91 Å². The van der Waals surface area contributed by atoms with Crippen molar-refractivity contribution < 1.29 is 18.7 Å². The van der Waals surface area contributed by atoms with Gasteiger partial charge in [-0.2, -0.15) is 0 Å². The first kappa shape index (κ1) is 28.1. The molecule has 9 heteroatoms. The molecule has 3 atom stereocenters. The van der Waals surface area contributed by atoms with Crippen LogP contribution >= 0.6 is 0 Å². The molecule has 0 spiro atoms. The van der Waals surface area contributed by atoms with Crippen molar-refractivity contribution in [1.82, 2.24) is 24.7 Å². The van der Waals surface area contributed by atoms with Crippen LogP contribution in [-0.4, -0.2) is 63.1 Å². The highest BCUT2D eigenvalue weighted by Crippen LogP contribution is 2.43. The number of ether oxygens (including phenoxy) is 1. The third-order valence-electron chi connectivity index (χ3n) is 8.28. The lowest BCUT2D eigenvalue weighted by molar-refractivity contribution is -0.119. The average molecular weight is 528 g/mol. The summed E-state index contributed by atoms with van der Waals surface area (Å²) in [5, 5.41) is 3.02. The van der Waals surface area contributed by atoms with Crippen molar-refractivity contribution in [3.05, 3.63) is 52.9 Å². The quantitative estimate of drug-likeness (QED) is 0.553. The van der Waals surface area contributed by atoms with Crippen LogP contribution in [0, 0.1) is 12.7 Å². The third kappa shape index (κ3) is 5.72. The number of nitrogens with one attached hydrogen (secondary N) is 1. The van der Waals surface area contributed by atoms with E-state index in [1.807, 2.05) is 13.0 Å². The van der Waals surface area contributed by atoms with E-state index in [0.717, 1.165) is 67.8 Å². The van der Waals surface area contributed by atoms with E-state index in [2.05, 4.69) is 21.7 Å². The van der Waals surface area contributed by atoms with Gasteiger partial charge >= 0.3 is 6.09 Å². The lowest BCUT2D eigenvalue weighted by Gasteiger charge is -2.41. The standard InChI is InChI=1S/C28H38FN5O3.CH4/c1-4-37-28(36)32-12-10-26-27(17-32)34(18(2)30-26)24-15-22-8-9-23(16-24)33(22)13-11-25(31-19(3)35)20-6-5-7-21(29)14-20;/h5-7,14,22-25H,4,8-13,15-17H2,1-3H3,(H,31,35);1H4/t22?,23?,24?,25-;/m0./s1. The normalized spacial score (nSPS) is 23.4. The molecule has 1 aromatic carbocycles. The van der Waals surface area contributed by atoms with E-state index < -0.39 is 0 Å². The van der Waals surface area contributed by atoms with Gasteiger partial charge in [0, 0.05) is 44.6 Å². The summed E-state index contributed by atoms with van der Waals surface area (Å²) in [6, 6.07) is 7.63. The average Bonchev–Trinajstić information content (AvgIpc) is 3.31. The number of aromatic nitrogens is 2. The molecule has 5 rings (SSSR count). The van der Waals surface area contributed by atoms with Crippen molar-refractivity contribution in [3.63, 3.8) is 0 Å². The molecule has 2 saturated heterocycles. The van der Waals surface area contributed by atoms with Gasteiger partial charge in [-0.25, -0.2) is 14.2 Å². The summed E-state index contributed by atoms with van der Waals surface area (Å²) < 4.78 is 21.5.